The molecule has 0 bridgehead atoms. The van der Waals surface area contributed by atoms with Crippen LogP contribution < -0.4 is 10.2 Å². The molecule has 2 heteroatoms. The van der Waals surface area contributed by atoms with E-state index in [1.165, 1.54) is 54.9 Å². The number of anilines is 2. The van der Waals surface area contributed by atoms with Gasteiger partial charge in [0.2, 0.25) is 0 Å². The Hall–Kier alpha value is -1.80. The molecule has 2 N–H and O–H groups in total. The molecule has 1 atom stereocenters. The summed E-state index contributed by atoms with van der Waals surface area (Å²) in [6, 6.07) is 18.3. The highest BCUT2D eigenvalue weighted by atomic mass is 15.2. The van der Waals surface area contributed by atoms with Crippen molar-refractivity contribution in [2.45, 2.75) is 31.7 Å². The van der Waals surface area contributed by atoms with Crippen molar-refractivity contribution in [3.8, 4) is 0 Å². The largest absolute Gasteiger partial charge is 0.355 e. The van der Waals surface area contributed by atoms with E-state index in [0.29, 0.717) is 6.04 Å². The molecule has 0 radical (unpaired) electrons. The van der Waals surface area contributed by atoms with Crippen LogP contribution in [-0.4, -0.2) is 13.1 Å². The zero-order valence-corrected chi connectivity index (χ0v) is 12.4. The Bertz CT molecular complexity index is 629. The van der Waals surface area contributed by atoms with Gasteiger partial charge < -0.3 is 10.2 Å². The predicted octanol–water partition coefficient (Wildman–Crippen LogP) is 3.10. The molecule has 2 aliphatic heterocycles. The molecule has 0 unspecified atom stereocenters. The Morgan fingerprint density at radius 2 is 1.52 bits per heavy atom. The lowest BCUT2D eigenvalue weighted by Crippen LogP contribution is -3.13. The van der Waals surface area contributed by atoms with Crippen LogP contribution in [0.25, 0.3) is 0 Å². The number of piperidine rings is 1. The third kappa shape index (κ3) is 2.44. The second-order valence-corrected chi connectivity index (χ2v) is 6.35. The summed E-state index contributed by atoms with van der Waals surface area (Å²) in [6.45, 7) is 2.64. The third-order valence-electron chi connectivity index (χ3n) is 5.04. The van der Waals surface area contributed by atoms with Gasteiger partial charge in [-0.2, -0.15) is 0 Å². The van der Waals surface area contributed by atoms with E-state index in [1.807, 2.05) is 0 Å². The van der Waals surface area contributed by atoms with Crippen molar-refractivity contribution in [3.63, 3.8) is 0 Å². The lowest BCUT2D eigenvalue weighted by atomic mass is 9.95. The highest BCUT2D eigenvalue weighted by molar-refractivity contribution is 5.68. The van der Waals surface area contributed by atoms with E-state index in [4.69, 9.17) is 0 Å². The van der Waals surface area contributed by atoms with Gasteiger partial charge in [0.05, 0.1) is 13.1 Å². The molecule has 0 aliphatic carbocycles. The third-order valence-corrected chi connectivity index (χ3v) is 5.04. The van der Waals surface area contributed by atoms with Gasteiger partial charge in [-0.25, -0.2) is 0 Å². The molecule has 108 valence electrons. The lowest BCUT2D eigenvalue weighted by molar-refractivity contribution is -0.936. The van der Waals surface area contributed by atoms with Crippen LogP contribution in [0.4, 0.5) is 11.4 Å². The smallest absolute Gasteiger partial charge is 0.119 e. The number of rotatable bonds is 1. The number of fused-ring (bicyclic) bond motifs is 2. The van der Waals surface area contributed by atoms with Crippen molar-refractivity contribution in [1.29, 1.82) is 0 Å². The van der Waals surface area contributed by atoms with Crippen molar-refractivity contribution in [2.24, 2.45) is 0 Å². The van der Waals surface area contributed by atoms with Crippen LogP contribution in [-0.2, 0) is 6.42 Å². The first-order valence-corrected chi connectivity index (χ1v) is 8.20. The second kappa shape index (κ2) is 5.53. The standard InChI is InChI=1S/C19H22N2/c1-6-12-21(13-7-1)19-14-15-8-2-4-10-17(15)20-18-11-5-3-9-16(18)19/h2-5,8-11,19-20H,1,6-7,12-14H2/p+1/t19-/m1/s1. The van der Waals surface area contributed by atoms with Crippen molar-refractivity contribution >= 4 is 11.4 Å². The van der Waals surface area contributed by atoms with Gasteiger partial charge in [0.25, 0.3) is 0 Å². The first-order chi connectivity index (χ1) is 10.4. The molecular weight excluding hydrogens is 256 g/mol. The van der Waals surface area contributed by atoms with Crippen LogP contribution in [0.2, 0.25) is 0 Å². The molecule has 1 fully saturated rings. The summed E-state index contributed by atoms with van der Waals surface area (Å²) in [5.41, 5.74) is 5.52. The van der Waals surface area contributed by atoms with E-state index in [-0.39, 0.29) is 0 Å². The van der Waals surface area contributed by atoms with Crippen LogP contribution in [0.3, 0.4) is 0 Å². The van der Waals surface area contributed by atoms with Gasteiger partial charge in [0.1, 0.15) is 6.04 Å². The fraction of sp³-hybridized carbons (Fsp3) is 0.368. The number of para-hydroxylation sites is 2. The second-order valence-electron chi connectivity index (χ2n) is 6.35. The van der Waals surface area contributed by atoms with Gasteiger partial charge in [-0.05, 0) is 37.0 Å². The molecule has 0 aromatic heterocycles. The molecule has 2 aromatic rings. The number of nitrogens with one attached hydrogen (secondary N) is 2. The zero-order chi connectivity index (χ0) is 14.1. The lowest BCUT2D eigenvalue weighted by Gasteiger charge is -2.32. The Labute approximate surface area is 126 Å². The van der Waals surface area contributed by atoms with E-state index < -0.39 is 0 Å². The van der Waals surface area contributed by atoms with Crippen molar-refractivity contribution < 1.29 is 4.90 Å². The summed E-state index contributed by atoms with van der Waals surface area (Å²) >= 11 is 0. The quantitative estimate of drug-likeness (QED) is 0.820. The number of hydrogen-bond acceptors (Lipinski definition) is 1. The predicted molar refractivity (Wildman–Crippen MR) is 87.2 cm³/mol. The Balaban J connectivity index is 1.78. The minimum absolute atomic E-state index is 0.595. The van der Waals surface area contributed by atoms with Crippen LogP contribution in [0.1, 0.15) is 36.4 Å². The first kappa shape index (κ1) is 12.9. The molecule has 4 rings (SSSR count). The normalized spacial score (nSPS) is 21.8. The van der Waals surface area contributed by atoms with Crippen LogP contribution in [0, 0.1) is 0 Å². The van der Waals surface area contributed by atoms with E-state index in [9.17, 15) is 0 Å². The minimum Gasteiger partial charge on any atom is -0.355 e. The molecule has 0 amide bonds. The van der Waals surface area contributed by atoms with Crippen molar-refractivity contribution in [3.05, 3.63) is 59.7 Å². The number of likely N-dealkylation sites (tertiary alicyclic amines) is 1. The van der Waals surface area contributed by atoms with E-state index in [1.54, 1.807) is 4.90 Å². The van der Waals surface area contributed by atoms with Gasteiger partial charge in [-0.3, -0.25) is 0 Å². The first-order valence-electron chi connectivity index (χ1n) is 8.20. The Morgan fingerprint density at radius 1 is 0.810 bits per heavy atom. The summed E-state index contributed by atoms with van der Waals surface area (Å²) in [7, 11) is 0. The summed E-state index contributed by atoms with van der Waals surface area (Å²) in [4.78, 5) is 1.77. The number of benzene rings is 2. The average molecular weight is 279 g/mol. The topological polar surface area (TPSA) is 16.5 Å². The molecule has 2 heterocycles. The number of quaternary nitrogens is 1. The summed E-state index contributed by atoms with van der Waals surface area (Å²) < 4.78 is 0. The molecule has 0 spiro atoms. The maximum absolute atomic E-state index is 3.66. The summed E-state index contributed by atoms with van der Waals surface area (Å²) in [5.74, 6) is 0. The molecule has 0 saturated carbocycles. The molecule has 2 aromatic carbocycles. The van der Waals surface area contributed by atoms with Crippen LogP contribution in [0.15, 0.2) is 48.5 Å². The van der Waals surface area contributed by atoms with Gasteiger partial charge in [0, 0.05) is 23.4 Å². The van der Waals surface area contributed by atoms with E-state index >= 15 is 0 Å². The maximum atomic E-state index is 3.66. The van der Waals surface area contributed by atoms with Gasteiger partial charge in [-0.15, -0.1) is 0 Å². The van der Waals surface area contributed by atoms with E-state index in [2.05, 4.69) is 53.8 Å². The molecule has 1 saturated heterocycles. The molecule has 21 heavy (non-hydrogen) atoms. The van der Waals surface area contributed by atoms with Crippen molar-refractivity contribution in [1.82, 2.24) is 0 Å². The monoisotopic (exact) mass is 279 g/mol. The molecular formula is C19H23N2+. The van der Waals surface area contributed by atoms with Crippen LogP contribution >= 0.6 is 0 Å². The summed E-state index contributed by atoms with van der Waals surface area (Å²) in [5, 5.41) is 3.66. The summed E-state index contributed by atoms with van der Waals surface area (Å²) in [6.07, 6.45) is 5.31. The van der Waals surface area contributed by atoms with E-state index in [0.717, 1.165) is 6.42 Å². The SMILES string of the molecule is c1ccc2c(c1)C[C@@H]([NH+]1CCCCC1)c1ccccc1N2. The molecule has 2 nitrogen and oxygen atoms in total. The van der Waals surface area contributed by atoms with Gasteiger partial charge in [-0.1, -0.05) is 36.4 Å². The zero-order valence-electron chi connectivity index (χ0n) is 12.4. The fourth-order valence-electron chi connectivity index (χ4n) is 3.93. The fourth-order valence-corrected chi connectivity index (χ4v) is 3.93. The Kier molecular flexibility index (Phi) is 3.40. The Morgan fingerprint density at radius 3 is 2.38 bits per heavy atom. The maximum Gasteiger partial charge on any atom is 0.119 e. The van der Waals surface area contributed by atoms with Gasteiger partial charge in [0.15, 0.2) is 0 Å². The highest BCUT2D eigenvalue weighted by Gasteiger charge is 2.30. The van der Waals surface area contributed by atoms with Gasteiger partial charge >= 0.3 is 0 Å². The molecule has 2 aliphatic rings. The van der Waals surface area contributed by atoms with Crippen LogP contribution in [0.5, 0.6) is 0 Å². The average Bonchev–Trinajstić information content (AvgIpc) is 2.72. The highest BCUT2D eigenvalue weighted by Crippen LogP contribution is 2.33. The van der Waals surface area contributed by atoms with Crippen molar-refractivity contribution in [2.75, 3.05) is 18.4 Å². The minimum atomic E-state index is 0.595. The number of hydrogen-bond donors (Lipinski definition) is 2.